The molecule has 0 bridgehead atoms. The maximum Gasteiger partial charge on any atom is 0.271 e. The van der Waals surface area contributed by atoms with Gasteiger partial charge in [0.15, 0.2) is 10.3 Å². The molecular formula is C13H17N5OS2. The predicted octanol–water partition coefficient (Wildman–Crippen LogP) is 2.38. The number of carbonyl (C=O) groups excluding carboxylic acids is 1. The summed E-state index contributed by atoms with van der Waals surface area (Å²) in [6, 6.07) is 0. The first-order valence-electron chi connectivity index (χ1n) is 6.78. The van der Waals surface area contributed by atoms with E-state index >= 15 is 0 Å². The molecule has 0 fully saturated rings. The number of hydrogen-bond donors (Lipinski definition) is 2. The zero-order chi connectivity index (χ0) is 15.0. The fraction of sp³-hybridized carbons (Fsp3) is 0.462. The highest BCUT2D eigenvalue weighted by molar-refractivity contribution is 7.18. The van der Waals surface area contributed by atoms with E-state index in [-0.39, 0.29) is 11.7 Å². The van der Waals surface area contributed by atoms with Crippen molar-refractivity contribution in [1.29, 1.82) is 0 Å². The van der Waals surface area contributed by atoms with Crippen LogP contribution in [0.1, 0.15) is 33.1 Å². The average Bonchev–Trinajstić information content (AvgIpc) is 3.01. The molecule has 0 saturated carbocycles. The van der Waals surface area contributed by atoms with E-state index in [1.165, 1.54) is 29.1 Å². The van der Waals surface area contributed by atoms with Gasteiger partial charge in [-0.05, 0) is 25.7 Å². The average molecular weight is 323 g/mol. The zero-order valence-corrected chi connectivity index (χ0v) is 13.6. The molecule has 8 heteroatoms. The van der Waals surface area contributed by atoms with E-state index < -0.39 is 0 Å². The van der Waals surface area contributed by atoms with Crippen molar-refractivity contribution in [3.63, 3.8) is 0 Å². The molecule has 0 aliphatic heterocycles. The summed E-state index contributed by atoms with van der Waals surface area (Å²) in [6.07, 6.45) is 4.46. The van der Waals surface area contributed by atoms with Gasteiger partial charge in [-0.2, -0.15) is 0 Å². The monoisotopic (exact) mass is 323 g/mol. The van der Waals surface area contributed by atoms with Crippen LogP contribution >= 0.6 is 22.7 Å². The van der Waals surface area contributed by atoms with Crippen LogP contribution in [0, 0.1) is 0 Å². The van der Waals surface area contributed by atoms with Gasteiger partial charge in [0.2, 0.25) is 0 Å². The fourth-order valence-electron chi connectivity index (χ4n) is 2.23. The lowest BCUT2D eigenvalue weighted by Crippen LogP contribution is -2.12. The van der Waals surface area contributed by atoms with Crippen LogP contribution in [-0.2, 0) is 12.8 Å². The van der Waals surface area contributed by atoms with Gasteiger partial charge in [0, 0.05) is 19.0 Å². The largest absolute Gasteiger partial charge is 0.382 e. The Hall–Kier alpha value is -1.67. The van der Waals surface area contributed by atoms with Crippen molar-refractivity contribution in [2.45, 2.75) is 25.7 Å². The lowest BCUT2D eigenvalue weighted by Gasteiger charge is -2.06. The minimum absolute atomic E-state index is 0.232. The molecule has 2 aromatic heterocycles. The number of rotatable bonds is 3. The van der Waals surface area contributed by atoms with Crippen molar-refractivity contribution >= 4 is 44.7 Å². The molecule has 2 heterocycles. The highest BCUT2D eigenvalue weighted by atomic mass is 32.1. The topological polar surface area (TPSA) is 84.1 Å². The van der Waals surface area contributed by atoms with Crippen molar-refractivity contribution < 1.29 is 4.79 Å². The zero-order valence-electron chi connectivity index (χ0n) is 12.0. The van der Waals surface area contributed by atoms with Crippen molar-refractivity contribution in [3.8, 4) is 0 Å². The lowest BCUT2D eigenvalue weighted by molar-refractivity contribution is 0.103. The molecule has 0 spiro atoms. The number of anilines is 3. The summed E-state index contributed by atoms with van der Waals surface area (Å²) in [7, 11) is 3.74. The number of nitrogens with zero attached hydrogens (tertiary/aromatic N) is 3. The van der Waals surface area contributed by atoms with Gasteiger partial charge in [-0.25, -0.2) is 9.97 Å². The number of fused-ring (bicyclic) bond motifs is 1. The predicted molar refractivity (Wildman–Crippen MR) is 87.6 cm³/mol. The first kappa shape index (κ1) is 14.3. The van der Waals surface area contributed by atoms with E-state index in [9.17, 15) is 4.79 Å². The minimum atomic E-state index is -0.232. The summed E-state index contributed by atoms with van der Waals surface area (Å²) in [6.45, 7) is 0. The number of nitrogens with two attached hydrogens (primary N) is 1. The number of nitrogen functional groups attached to an aromatic ring is 1. The maximum atomic E-state index is 12.3. The smallest absolute Gasteiger partial charge is 0.271 e. The summed E-state index contributed by atoms with van der Waals surface area (Å²) in [5.74, 6) is 0.0340. The molecular weight excluding hydrogens is 306 g/mol. The van der Waals surface area contributed by atoms with E-state index in [4.69, 9.17) is 5.73 Å². The quantitative estimate of drug-likeness (QED) is 0.906. The van der Waals surface area contributed by atoms with Crippen LogP contribution in [0.3, 0.4) is 0 Å². The molecule has 0 unspecified atom stereocenters. The Morgan fingerprint density at radius 2 is 2.00 bits per heavy atom. The first-order valence-corrected chi connectivity index (χ1v) is 8.41. The Labute approximate surface area is 131 Å². The van der Waals surface area contributed by atoms with Crippen LogP contribution in [0.25, 0.3) is 0 Å². The number of amides is 1. The van der Waals surface area contributed by atoms with Gasteiger partial charge in [-0.15, -0.1) is 11.3 Å². The summed E-state index contributed by atoms with van der Waals surface area (Å²) < 4.78 is 0. The van der Waals surface area contributed by atoms with Gasteiger partial charge in [0.05, 0.1) is 5.69 Å². The SMILES string of the molecule is CN(C)c1nc(N)c(C(=O)Nc2nc3c(s2)CCCC3)s1. The highest BCUT2D eigenvalue weighted by Crippen LogP contribution is 2.31. The fourth-order valence-corrected chi connectivity index (χ4v) is 4.08. The van der Waals surface area contributed by atoms with Crippen LogP contribution < -0.4 is 16.0 Å². The normalized spacial score (nSPS) is 13.8. The van der Waals surface area contributed by atoms with Gasteiger partial charge in [-0.1, -0.05) is 11.3 Å². The molecule has 3 rings (SSSR count). The molecule has 1 aliphatic carbocycles. The second kappa shape index (κ2) is 5.61. The molecule has 1 amide bonds. The van der Waals surface area contributed by atoms with Crippen LogP contribution in [-0.4, -0.2) is 30.0 Å². The minimum Gasteiger partial charge on any atom is -0.382 e. The maximum absolute atomic E-state index is 12.3. The molecule has 3 N–H and O–H groups in total. The van der Waals surface area contributed by atoms with E-state index in [0.29, 0.717) is 10.0 Å². The molecule has 2 aromatic rings. The first-order chi connectivity index (χ1) is 10.0. The summed E-state index contributed by atoms with van der Waals surface area (Å²) >= 11 is 2.85. The number of aryl methyl sites for hydroxylation is 2. The van der Waals surface area contributed by atoms with Gasteiger partial charge < -0.3 is 10.6 Å². The molecule has 0 atom stereocenters. The number of aromatic nitrogens is 2. The van der Waals surface area contributed by atoms with Crippen LogP contribution in [0.2, 0.25) is 0 Å². The molecule has 112 valence electrons. The van der Waals surface area contributed by atoms with Crippen molar-refractivity contribution in [1.82, 2.24) is 9.97 Å². The molecule has 21 heavy (non-hydrogen) atoms. The van der Waals surface area contributed by atoms with Crippen molar-refractivity contribution in [2.75, 3.05) is 30.0 Å². The van der Waals surface area contributed by atoms with E-state index in [2.05, 4.69) is 15.3 Å². The molecule has 0 aromatic carbocycles. The summed E-state index contributed by atoms with van der Waals surface area (Å²) in [4.78, 5) is 24.6. The van der Waals surface area contributed by atoms with Gasteiger partial charge in [0.1, 0.15) is 10.7 Å². The Kier molecular flexibility index (Phi) is 3.81. The molecule has 6 nitrogen and oxygen atoms in total. The Bertz CT molecular complexity index is 653. The number of carbonyl (C=O) groups is 1. The highest BCUT2D eigenvalue weighted by Gasteiger charge is 2.20. The summed E-state index contributed by atoms with van der Waals surface area (Å²) in [5, 5.41) is 4.23. The van der Waals surface area contributed by atoms with Crippen molar-refractivity contribution in [2.24, 2.45) is 0 Å². The van der Waals surface area contributed by atoms with Crippen molar-refractivity contribution in [3.05, 3.63) is 15.4 Å². The third-order valence-electron chi connectivity index (χ3n) is 3.30. The third kappa shape index (κ3) is 2.86. The molecule has 0 radical (unpaired) electrons. The Balaban J connectivity index is 1.78. The third-order valence-corrected chi connectivity index (χ3v) is 5.61. The number of hydrogen-bond acceptors (Lipinski definition) is 7. The van der Waals surface area contributed by atoms with Crippen LogP contribution in [0.5, 0.6) is 0 Å². The number of nitrogens with one attached hydrogen (secondary N) is 1. The van der Waals surface area contributed by atoms with E-state index in [1.807, 2.05) is 19.0 Å². The van der Waals surface area contributed by atoms with Gasteiger partial charge >= 0.3 is 0 Å². The number of thiazole rings is 2. The van der Waals surface area contributed by atoms with E-state index in [1.54, 1.807) is 11.3 Å². The second-order valence-corrected chi connectivity index (χ2v) is 7.22. The van der Waals surface area contributed by atoms with Gasteiger partial charge in [-0.3, -0.25) is 10.1 Å². The second-order valence-electron chi connectivity index (χ2n) is 5.16. The Morgan fingerprint density at radius 3 is 2.67 bits per heavy atom. The van der Waals surface area contributed by atoms with Crippen LogP contribution in [0.15, 0.2) is 0 Å². The standard InChI is InChI=1S/C13H17N5OS2/c1-18(2)13-16-10(14)9(21-13)11(19)17-12-15-7-5-3-4-6-8(7)20-12/h3-6,14H2,1-2H3,(H,15,17,19). The van der Waals surface area contributed by atoms with Crippen LogP contribution in [0.4, 0.5) is 16.1 Å². The van der Waals surface area contributed by atoms with Gasteiger partial charge in [0.25, 0.3) is 5.91 Å². The van der Waals surface area contributed by atoms with E-state index in [0.717, 1.165) is 23.7 Å². The lowest BCUT2D eigenvalue weighted by atomic mass is 10.0. The Morgan fingerprint density at radius 1 is 1.24 bits per heavy atom. The molecule has 0 saturated heterocycles. The molecule has 1 aliphatic rings. The summed E-state index contributed by atoms with van der Waals surface area (Å²) in [5.41, 5.74) is 6.96.